The van der Waals surface area contributed by atoms with Crippen molar-refractivity contribution in [2.24, 2.45) is 5.92 Å². The van der Waals surface area contributed by atoms with Gasteiger partial charge in [0.05, 0.1) is 6.42 Å². The second-order valence-electron chi connectivity index (χ2n) is 4.86. The Morgan fingerprint density at radius 3 is 3.12 bits per heavy atom. The van der Waals surface area contributed by atoms with Crippen LogP contribution >= 0.6 is 11.3 Å². The largest absolute Gasteiger partial charge is 0.337 e. The molecule has 3 nitrogen and oxygen atoms in total. The van der Waals surface area contributed by atoms with Gasteiger partial charge < -0.3 is 10.2 Å². The van der Waals surface area contributed by atoms with Crippen LogP contribution in [0.2, 0.25) is 0 Å². The minimum atomic E-state index is 0.271. The molecule has 1 saturated heterocycles. The van der Waals surface area contributed by atoms with Crippen molar-refractivity contribution in [1.29, 1.82) is 0 Å². The van der Waals surface area contributed by atoms with Gasteiger partial charge >= 0.3 is 0 Å². The quantitative estimate of drug-likeness (QED) is 0.889. The Labute approximate surface area is 107 Å². The Kier molecular flexibility index (Phi) is 4.18. The lowest BCUT2D eigenvalue weighted by atomic mass is 10.00. The standard InChI is InChI=1S/C13H20N2OS/c1-10(2)12-9-14-5-6-15(12)13(16)8-11-4-3-7-17-11/h3-4,7,10,12,14H,5-6,8-9H2,1-2H3. The van der Waals surface area contributed by atoms with Gasteiger partial charge in [-0.15, -0.1) is 11.3 Å². The van der Waals surface area contributed by atoms with Gasteiger partial charge in [0.2, 0.25) is 5.91 Å². The summed E-state index contributed by atoms with van der Waals surface area (Å²) in [5.41, 5.74) is 0. The van der Waals surface area contributed by atoms with Crippen LogP contribution < -0.4 is 5.32 Å². The minimum absolute atomic E-state index is 0.271. The number of hydrogen-bond acceptors (Lipinski definition) is 3. The molecule has 1 amide bonds. The van der Waals surface area contributed by atoms with E-state index in [0.29, 0.717) is 18.4 Å². The molecule has 1 atom stereocenters. The van der Waals surface area contributed by atoms with E-state index in [1.165, 1.54) is 0 Å². The molecule has 4 heteroatoms. The molecule has 1 fully saturated rings. The van der Waals surface area contributed by atoms with Gasteiger partial charge in [-0.05, 0) is 17.4 Å². The van der Waals surface area contributed by atoms with Crippen LogP contribution in [0.4, 0.5) is 0 Å². The van der Waals surface area contributed by atoms with E-state index in [0.717, 1.165) is 24.5 Å². The average molecular weight is 252 g/mol. The highest BCUT2D eigenvalue weighted by atomic mass is 32.1. The number of amides is 1. The minimum Gasteiger partial charge on any atom is -0.337 e. The molecule has 0 bridgehead atoms. The molecule has 0 saturated carbocycles. The first-order valence-corrected chi connectivity index (χ1v) is 7.09. The number of piperazine rings is 1. The molecular weight excluding hydrogens is 232 g/mol. The number of nitrogens with zero attached hydrogens (tertiary/aromatic N) is 1. The fourth-order valence-electron chi connectivity index (χ4n) is 2.29. The third-order valence-electron chi connectivity index (χ3n) is 3.28. The van der Waals surface area contributed by atoms with E-state index in [-0.39, 0.29) is 5.91 Å². The number of nitrogens with one attached hydrogen (secondary N) is 1. The highest BCUT2D eigenvalue weighted by Crippen LogP contribution is 2.16. The summed E-state index contributed by atoms with van der Waals surface area (Å²) in [4.78, 5) is 15.5. The zero-order chi connectivity index (χ0) is 12.3. The summed E-state index contributed by atoms with van der Waals surface area (Å²) in [5, 5.41) is 5.40. The van der Waals surface area contributed by atoms with Gasteiger partial charge in [-0.3, -0.25) is 4.79 Å². The Bertz CT molecular complexity index is 362. The fourth-order valence-corrected chi connectivity index (χ4v) is 2.99. The summed E-state index contributed by atoms with van der Waals surface area (Å²) in [5.74, 6) is 0.780. The van der Waals surface area contributed by atoms with E-state index < -0.39 is 0 Å². The van der Waals surface area contributed by atoms with Crippen LogP contribution in [0.5, 0.6) is 0 Å². The van der Waals surface area contributed by atoms with E-state index in [9.17, 15) is 4.79 Å². The number of carbonyl (C=O) groups excluding carboxylic acids is 1. The second-order valence-corrected chi connectivity index (χ2v) is 5.89. The van der Waals surface area contributed by atoms with Crippen molar-refractivity contribution in [2.75, 3.05) is 19.6 Å². The number of carbonyl (C=O) groups is 1. The van der Waals surface area contributed by atoms with Crippen LogP contribution in [0.1, 0.15) is 18.7 Å². The van der Waals surface area contributed by atoms with Crippen LogP contribution in [0.3, 0.4) is 0 Å². The van der Waals surface area contributed by atoms with Crippen molar-refractivity contribution in [3.05, 3.63) is 22.4 Å². The maximum Gasteiger partial charge on any atom is 0.228 e. The number of thiophene rings is 1. The van der Waals surface area contributed by atoms with Crippen molar-refractivity contribution in [3.63, 3.8) is 0 Å². The zero-order valence-electron chi connectivity index (χ0n) is 10.5. The Hall–Kier alpha value is -0.870. The molecule has 1 unspecified atom stereocenters. The molecule has 0 radical (unpaired) electrons. The summed E-state index contributed by atoms with van der Waals surface area (Å²) in [6, 6.07) is 4.39. The van der Waals surface area contributed by atoms with Crippen LogP contribution in [0, 0.1) is 5.92 Å². The third kappa shape index (κ3) is 3.07. The van der Waals surface area contributed by atoms with Crippen molar-refractivity contribution in [3.8, 4) is 0 Å². The Morgan fingerprint density at radius 1 is 1.65 bits per heavy atom. The SMILES string of the molecule is CC(C)C1CNCCN1C(=O)Cc1cccs1. The van der Waals surface area contributed by atoms with Gasteiger partial charge in [0.15, 0.2) is 0 Å². The lowest BCUT2D eigenvalue weighted by molar-refractivity contribution is -0.134. The maximum absolute atomic E-state index is 12.3. The normalized spacial score (nSPS) is 20.9. The van der Waals surface area contributed by atoms with Gasteiger partial charge in [-0.25, -0.2) is 0 Å². The van der Waals surface area contributed by atoms with Gasteiger partial charge in [0.1, 0.15) is 0 Å². The van der Waals surface area contributed by atoms with E-state index in [2.05, 4.69) is 24.1 Å². The van der Waals surface area contributed by atoms with Crippen LogP contribution in [0.15, 0.2) is 17.5 Å². The molecule has 1 aromatic heterocycles. The highest BCUT2D eigenvalue weighted by Gasteiger charge is 2.28. The smallest absolute Gasteiger partial charge is 0.228 e. The third-order valence-corrected chi connectivity index (χ3v) is 4.16. The highest BCUT2D eigenvalue weighted by molar-refractivity contribution is 7.10. The van der Waals surface area contributed by atoms with Crippen LogP contribution in [0.25, 0.3) is 0 Å². The molecule has 0 spiro atoms. The van der Waals surface area contributed by atoms with E-state index in [1.54, 1.807) is 11.3 Å². The predicted molar refractivity (Wildman–Crippen MR) is 71.2 cm³/mol. The second kappa shape index (κ2) is 5.65. The first kappa shape index (κ1) is 12.6. The molecule has 0 aliphatic carbocycles. The summed E-state index contributed by atoms with van der Waals surface area (Å²) in [6.07, 6.45) is 0.556. The van der Waals surface area contributed by atoms with Crippen LogP contribution in [-0.4, -0.2) is 36.5 Å². The lowest BCUT2D eigenvalue weighted by Gasteiger charge is -2.38. The van der Waals surface area contributed by atoms with Gasteiger partial charge in [0.25, 0.3) is 0 Å². The summed E-state index contributed by atoms with van der Waals surface area (Å²) in [6.45, 7) is 7.05. The molecule has 2 rings (SSSR count). The molecule has 2 heterocycles. The molecule has 94 valence electrons. The molecule has 1 aromatic rings. The van der Waals surface area contributed by atoms with Crippen LogP contribution in [-0.2, 0) is 11.2 Å². The summed E-state index contributed by atoms with van der Waals surface area (Å²) in [7, 11) is 0. The van der Waals surface area contributed by atoms with Gasteiger partial charge in [-0.2, -0.15) is 0 Å². The predicted octanol–water partition coefficient (Wildman–Crippen LogP) is 1.75. The van der Waals surface area contributed by atoms with Crippen molar-refractivity contribution in [2.45, 2.75) is 26.3 Å². The molecule has 17 heavy (non-hydrogen) atoms. The van der Waals surface area contributed by atoms with E-state index >= 15 is 0 Å². The molecular formula is C13H20N2OS. The molecule has 1 aliphatic heterocycles. The average Bonchev–Trinajstić information content (AvgIpc) is 2.81. The lowest BCUT2D eigenvalue weighted by Crippen LogP contribution is -2.56. The first-order valence-electron chi connectivity index (χ1n) is 6.21. The summed E-state index contributed by atoms with van der Waals surface area (Å²) >= 11 is 1.66. The van der Waals surface area contributed by atoms with Crippen molar-refractivity contribution < 1.29 is 4.79 Å². The monoisotopic (exact) mass is 252 g/mol. The molecule has 1 N–H and O–H groups in total. The molecule has 1 aliphatic rings. The first-order chi connectivity index (χ1) is 8.18. The Morgan fingerprint density at radius 2 is 2.47 bits per heavy atom. The summed E-state index contributed by atoms with van der Waals surface area (Å²) < 4.78 is 0. The Balaban J connectivity index is 2.01. The fraction of sp³-hybridized carbons (Fsp3) is 0.615. The van der Waals surface area contributed by atoms with Gasteiger partial charge in [0, 0.05) is 30.6 Å². The number of rotatable bonds is 3. The van der Waals surface area contributed by atoms with Gasteiger partial charge in [-0.1, -0.05) is 19.9 Å². The topological polar surface area (TPSA) is 32.3 Å². The zero-order valence-corrected chi connectivity index (χ0v) is 11.3. The number of hydrogen-bond donors (Lipinski definition) is 1. The van der Waals surface area contributed by atoms with E-state index in [1.807, 2.05) is 17.5 Å². The van der Waals surface area contributed by atoms with E-state index in [4.69, 9.17) is 0 Å². The molecule has 0 aromatic carbocycles. The van der Waals surface area contributed by atoms with Crippen molar-refractivity contribution >= 4 is 17.2 Å². The maximum atomic E-state index is 12.3. The van der Waals surface area contributed by atoms with Crippen molar-refractivity contribution in [1.82, 2.24) is 10.2 Å².